The summed E-state index contributed by atoms with van der Waals surface area (Å²) in [4.78, 5) is 11.9. The Kier molecular flexibility index (Phi) is 4.73. The van der Waals surface area contributed by atoms with Crippen molar-refractivity contribution in [2.24, 2.45) is 0 Å². The minimum absolute atomic E-state index is 0.0509. The number of methoxy groups -OCH3 is 1. The van der Waals surface area contributed by atoms with Crippen molar-refractivity contribution >= 4 is 5.95 Å². The zero-order chi connectivity index (χ0) is 13.7. The van der Waals surface area contributed by atoms with E-state index in [0.717, 1.165) is 25.7 Å². The molecule has 2 rings (SSSR count). The zero-order valence-corrected chi connectivity index (χ0v) is 11.3. The fourth-order valence-electron chi connectivity index (χ4n) is 2.17. The van der Waals surface area contributed by atoms with Gasteiger partial charge in [-0.25, -0.2) is 0 Å². The van der Waals surface area contributed by atoms with E-state index in [0.29, 0.717) is 6.61 Å². The largest absolute Gasteiger partial charge is 0.464 e. The van der Waals surface area contributed by atoms with Crippen molar-refractivity contribution in [2.45, 2.75) is 44.8 Å². The van der Waals surface area contributed by atoms with Crippen LogP contribution in [0.25, 0.3) is 0 Å². The molecule has 1 aliphatic carbocycles. The number of anilines is 1. The number of ether oxygens (including phenoxy) is 3. The summed E-state index contributed by atoms with van der Waals surface area (Å²) in [6.07, 6.45) is 4.24. The SMILES string of the molecule is CCOc1nc(N)nc(OC2CCCC(OC)C2)n1. The third kappa shape index (κ3) is 3.92. The lowest BCUT2D eigenvalue weighted by molar-refractivity contribution is 0.0176. The maximum atomic E-state index is 5.75. The number of aromatic nitrogens is 3. The van der Waals surface area contributed by atoms with Crippen LogP contribution in [0, 0.1) is 0 Å². The Bertz CT molecular complexity index is 416. The molecule has 7 heteroatoms. The number of rotatable bonds is 5. The van der Waals surface area contributed by atoms with E-state index in [4.69, 9.17) is 19.9 Å². The van der Waals surface area contributed by atoms with Gasteiger partial charge in [-0.1, -0.05) is 0 Å². The molecule has 1 aromatic rings. The Morgan fingerprint density at radius 2 is 1.89 bits per heavy atom. The minimum atomic E-state index is 0.0509. The molecule has 0 radical (unpaired) electrons. The van der Waals surface area contributed by atoms with Crippen molar-refractivity contribution in [3.05, 3.63) is 0 Å². The first-order valence-corrected chi connectivity index (χ1v) is 6.55. The highest BCUT2D eigenvalue weighted by Gasteiger charge is 2.24. The van der Waals surface area contributed by atoms with E-state index in [1.54, 1.807) is 7.11 Å². The molecule has 1 heterocycles. The molecular formula is C12H20N4O3. The van der Waals surface area contributed by atoms with Gasteiger partial charge in [0.2, 0.25) is 5.95 Å². The van der Waals surface area contributed by atoms with E-state index < -0.39 is 0 Å². The van der Waals surface area contributed by atoms with Gasteiger partial charge in [0.05, 0.1) is 12.7 Å². The van der Waals surface area contributed by atoms with Gasteiger partial charge in [-0.15, -0.1) is 4.98 Å². The van der Waals surface area contributed by atoms with Crippen LogP contribution in [-0.4, -0.2) is 40.9 Å². The maximum Gasteiger partial charge on any atom is 0.324 e. The van der Waals surface area contributed by atoms with Crippen LogP contribution in [0.2, 0.25) is 0 Å². The van der Waals surface area contributed by atoms with E-state index in [1.165, 1.54) is 0 Å². The van der Waals surface area contributed by atoms with Gasteiger partial charge < -0.3 is 19.9 Å². The lowest BCUT2D eigenvalue weighted by Gasteiger charge is -2.27. The Morgan fingerprint density at radius 1 is 1.16 bits per heavy atom. The van der Waals surface area contributed by atoms with Crippen LogP contribution in [0.15, 0.2) is 0 Å². The van der Waals surface area contributed by atoms with Gasteiger partial charge >= 0.3 is 12.0 Å². The van der Waals surface area contributed by atoms with E-state index in [9.17, 15) is 0 Å². The Morgan fingerprint density at radius 3 is 2.63 bits per heavy atom. The molecule has 7 nitrogen and oxygen atoms in total. The minimum Gasteiger partial charge on any atom is -0.464 e. The van der Waals surface area contributed by atoms with E-state index >= 15 is 0 Å². The molecular weight excluding hydrogens is 248 g/mol. The van der Waals surface area contributed by atoms with Crippen molar-refractivity contribution < 1.29 is 14.2 Å². The molecule has 2 unspecified atom stereocenters. The maximum absolute atomic E-state index is 5.75. The molecule has 0 bridgehead atoms. The Balaban J connectivity index is 2.01. The van der Waals surface area contributed by atoms with E-state index in [2.05, 4.69) is 15.0 Å². The highest BCUT2D eigenvalue weighted by atomic mass is 16.5. The second kappa shape index (κ2) is 6.51. The first kappa shape index (κ1) is 13.8. The number of hydrogen-bond acceptors (Lipinski definition) is 7. The molecule has 0 aromatic carbocycles. The van der Waals surface area contributed by atoms with Gasteiger partial charge in [0.15, 0.2) is 0 Å². The van der Waals surface area contributed by atoms with Crippen molar-refractivity contribution in [3.63, 3.8) is 0 Å². The highest BCUT2D eigenvalue weighted by molar-refractivity contribution is 5.20. The predicted molar refractivity (Wildman–Crippen MR) is 69.1 cm³/mol. The first-order chi connectivity index (χ1) is 9.21. The number of nitrogens with zero attached hydrogens (tertiary/aromatic N) is 3. The van der Waals surface area contributed by atoms with Gasteiger partial charge in [-0.3, -0.25) is 0 Å². The van der Waals surface area contributed by atoms with Crippen molar-refractivity contribution in [1.82, 2.24) is 15.0 Å². The summed E-state index contributed by atoms with van der Waals surface area (Å²) >= 11 is 0. The lowest BCUT2D eigenvalue weighted by Crippen LogP contribution is -2.30. The summed E-state index contributed by atoms with van der Waals surface area (Å²) < 4.78 is 16.3. The lowest BCUT2D eigenvalue weighted by atomic mass is 9.95. The third-order valence-corrected chi connectivity index (χ3v) is 3.07. The highest BCUT2D eigenvalue weighted by Crippen LogP contribution is 2.24. The normalized spacial score (nSPS) is 23.1. The summed E-state index contributed by atoms with van der Waals surface area (Å²) in [6, 6.07) is 0.418. The van der Waals surface area contributed by atoms with Gasteiger partial charge in [0.25, 0.3) is 0 Å². The van der Waals surface area contributed by atoms with Crippen LogP contribution in [0.4, 0.5) is 5.95 Å². The zero-order valence-electron chi connectivity index (χ0n) is 11.3. The average Bonchev–Trinajstić information content (AvgIpc) is 2.38. The molecule has 2 atom stereocenters. The second-order valence-electron chi connectivity index (χ2n) is 4.46. The van der Waals surface area contributed by atoms with Gasteiger partial charge in [0, 0.05) is 13.5 Å². The number of hydrogen-bond donors (Lipinski definition) is 1. The standard InChI is InChI=1S/C12H20N4O3/c1-3-18-11-14-10(13)15-12(16-11)19-9-6-4-5-8(7-9)17-2/h8-9H,3-7H2,1-2H3,(H2,13,14,15,16). The quantitative estimate of drug-likeness (QED) is 0.857. The average molecular weight is 268 g/mol. The molecule has 0 amide bonds. The Labute approximate surface area is 112 Å². The predicted octanol–water partition coefficient (Wildman–Crippen LogP) is 1.19. The van der Waals surface area contributed by atoms with Crippen LogP contribution < -0.4 is 15.2 Å². The van der Waals surface area contributed by atoms with Crippen LogP contribution in [0.5, 0.6) is 12.0 Å². The van der Waals surface area contributed by atoms with Crippen LogP contribution in [0.1, 0.15) is 32.6 Å². The van der Waals surface area contributed by atoms with E-state index in [1.807, 2.05) is 6.92 Å². The topological polar surface area (TPSA) is 92.4 Å². The smallest absolute Gasteiger partial charge is 0.324 e. The monoisotopic (exact) mass is 268 g/mol. The molecule has 1 fully saturated rings. The number of nitrogens with two attached hydrogens (primary N) is 1. The fourth-order valence-corrected chi connectivity index (χ4v) is 2.17. The molecule has 0 spiro atoms. The fraction of sp³-hybridized carbons (Fsp3) is 0.750. The molecule has 1 aliphatic rings. The van der Waals surface area contributed by atoms with Gasteiger partial charge in [-0.05, 0) is 26.2 Å². The van der Waals surface area contributed by atoms with Gasteiger partial charge in [0.1, 0.15) is 6.10 Å². The molecule has 1 saturated carbocycles. The first-order valence-electron chi connectivity index (χ1n) is 6.55. The second-order valence-corrected chi connectivity index (χ2v) is 4.46. The summed E-state index contributed by atoms with van der Waals surface area (Å²) in [7, 11) is 1.72. The van der Waals surface area contributed by atoms with Crippen molar-refractivity contribution in [1.29, 1.82) is 0 Å². The third-order valence-electron chi connectivity index (χ3n) is 3.07. The van der Waals surface area contributed by atoms with Crippen LogP contribution in [-0.2, 0) is 4.74 Å². The van der Waals surface area contributed by atoms with Crippen molar-refractivity contribution in [2.75, 3.05) is 19.5 Å². The molecule has 106 valence electrons. The van der Waals surface area contributed by atoms with Crippen molar-refractivity contribution in [3.8, 4) is 12.0 Å². The molecule has 0 aliphatic heterocycles. The molecule has 2 N–H and O–H groups in total. The summed E-state index contributed by atoms with van der Waals surface area (Å²) in [5, 5.41) is 0. The Hall–Kier alpha value is -1.63. The molecule has 0 saturated heterocycles. The van der Waals surface area contributed by atoms with Crippen LogP contribution in [0.3, 0.4) is 0 Å². The molecule has 1 aromatic heterocycles. The molecule has 19 heavy (non-hydrogen) atoms. The van der Waals surface area contributed by atoms with E-state index in [-0.39, 0.29) is 30.2 Å². The summed E-state index contributed by atoms with van der Waals surface area (Å²) in [6.45, 7) is 2.32. The summed E-state index contributed by atoms with van der Waals surface area (Å²) in [5.74, 6) is 0.104. The number of nitrogen functional groups attached to an aromatic ring is 1. The summed E-state index contributed by atoms with van der Waals surface area (Å²) in [5.41, 5.74) is 5.60. The van der Waals surface area contributed by atoms with Crippen LogP contribution >= 0.6 is 0 Å². The van der Waals surface area contributed by atoms with Gasteiger partial charge in [-0.2, -0.15) is 9.97 Å².